The lowest BCUT2D eigenvalue weighted by molar-refractivity contribution is 0.0487. The van der Waals surface area contributed by atoms with E-state index in [0.29, 0.717) is 19.6 Å². The number of aliphatic hydroxyl groups is 1. The van der Waals surface area contributed by atoms with E-state index in [1.165, 1.54) is 12.1 Å². The van der Waals surface area contributed by atoms with Crippen LogP contribution >= 0.6 is 0 Å². The molecule has 0 amide bonds. The second-order valence-electron chi connectivity index (χ2n) is 3.23. The number of halogens is 1. The summed E-state index contributed by atoms with van der Waals surface area (Å²) >= 11 is 0. The minimum Gasteiger partial charge on any atom is -0.396 e. The van der Waals surface area contributed by atoms with Gasteiger partial charge >= 0.3 is 0 Å². The summed E-state index contributed by atoms with van der Waals surface area (Å²) in [5.41, 5.74) is 6.26. The van der Waals surface area contributed by atoms with Crippen molar-refractivity contribution in [2.75, 3.05) is 19.8 Å². The molecule has 3 nitrogen and oxygen atoms in total. The molecule has 1 rings (SSSR count). The first-order chi connectivity index (χ1) is 7.27. The summed E-state index contributed by atoms with van der Waals surface area (Å²) in [6, 6.07) is 6.20. The Hall–Kier alpha value is -0.970. The Morgan fingerprint density at radius 3 is 2.87 bits per heavy atom. The van der Waals surface area contributed by atoms with Crippen molar-refractivity contribution < 1.29 is 14.2 Å². The van der Waals surface area contributed by atoms with Gasteiger partial charge < -0.3 is 15.6 Å². The van der Waals surface area contributed by atoms with Gasteiger partial charge in [-0.05, 0) is 24.1 Å². The Kier molecular flexibility index (Phi) is 5.25. The van der Waals surface area contributed by atoms with Gasteiger partial charge in [0.2, 0.25) is 0 Å². The molecular formula is C11H16FNO2. The lowest BCUT2D eigenvalue weighted by atomic mass is 10.1. The number of hydrogen-bond donors (Lipinski definition) is 2. The van der Waals surface area contributed by atoms with Crippen molar-refractivity contribution in [1.29, 1.82) is 0 Å². The van der Waals surface area contributed by atoms with E-state index in [0.717, 1.165) is 5.56 Å². The van der Waals surface area contributed by atoms with E-state index in [9.17, 15) is 4.39 Å². The third kappa shape index (κ3) is 3.95. The zero-order chi connectivity index (χ0) is 11.1. The Labute approximate surface area is 88.7 Å². The number of benzene rings is 1. The highest BCUT2D eigenvalue weighted by Crippen LogP contribution is 2.17. The van der Waals surface area contributed by atoms with Gasteiger partial charge in [-0.25, -0.2) is 4.39 Å². The highest BCUT2D eigenvalue weighted by atomic mass is 19.1. The molecular weight excluding hydrogens is 197 g/mol. The van der Waals surface area contributed by atoms with Crippen LogP contribution in [0.4, 0.5) is 4.39 Å². The Morgan fingerprint density at radius 1 is 1.47 bits per heavy atom. The first kappa shape index (κ1) is 12.1. The largest absolute Gasteiger partial charge is 0.396 e. The standard InChI is InChI=1S/C11H16FNO2/c12-10-4-1-3-9(7-10)11(8-13)15-6-2-5-14/h1,3-4,7,11,14H,2,5-6,8,13H2. The van der Waals surface area contributed by atoms with Gasteiger partial charge in [0.15, 0.2) is 0 Å². The molecule has 0 saturated carbocycles. The predicted molar refractivity (Wildman–Crippen MR) is 55.9 cm³/mol. The van der Waals surface area contributed by atoms with Gasteiger partial charge in [0.1, 0.15) is 5.82 Å². The van der Waals surface area contributed by atoms with Crippen LogP contribution in [0.1, 0.15) is 18.1 Å². The van der Waals surface area contributed by atoms with Crippen LogP contribution < -0.4 is 5.73 Å². The van der Waals surface area contributed by atoms with Gasteiger partial charge in [-0.1, -0.05) is 12.1 Å². The van der Waals surface area contributed by atoms with E-state index in [4.69, 9.17) is 15.6 Å². The molecule has 4 heteroatoms. The van der Waals surface area contributed by atoms with Crippen molar-refractivity contribution in [3.63, 3.8) is 0 Å². The van der Waals surface area contributed by atoms with Crippen molar-refractivity contribution in [2.24, 2.45) is 5.73 Å². The smallest absolute Gasteiger partial charge is 0.123 e. The Bertz CT molecular complexity index is 294. The minimum absolute atomic E-state index is 0.0838. The van der Waals surface area contributed by atoms with E-state index in [1.54, 1.807) is 12.1 Å². The van der Waals surface area contributed by atoms with E-state index >= 15 is 0 Å². The maximum Gasteiger partial charge on any atom is 0.123 e. The molecule has 0 aliphatic heterocycles. The molecule has 0 fully saturated rings. The molecule has 1 atom stereocenters. The molecule has 0 spiro atoms. The van der Waals surface area contributed by atoms with E-state index in [2.05, 4.69) is 0 Å². The van der Waals surface area contributed by atoms with Gasteiger partial charge in [0.25, 0.3) is 0 Å². The van der Waals surface area contributed by atoms with Crippen LogP contribution in [0.15, 0.2) is 24.3 Å². The lowest BCUT2D eigenvalue weighted by Crippen LogP contribution is -2.17. The molecule has 84 valence electrons. The molecule has 0 heterocycles. The van der Waals surface area contributed by atoms with Crippen LogP contribution in [0.3, 0.4) is 0 Å². The van der Waals surface area contributed by atoms with Crippen LogP contribution in [-0.4, -0.2) is 24.9 Å². The highest BCUT2D eigenvalue weighted by molar-refractivity contribution is 5.19. The summed E-state index contributed by atoms with van der Waals surface area (Å²) in [5, 5.41) is 8.60. The zero-order valence-corrected chi connectivity index (χ0v) is 8.53. The summed E-state index contributed by atoms with van der Waals surface area (Å²) in [5.74, 6) is -0.295. The Balaban J connectivity index is 2.57. The SMILES string of the molecule is NCC(OCCCO)c1cccc(F)c1. The third-order valence-electron chi connectivity index (χ3n) is 2.06. The number of nitrogens with two attached hydrogens (primary N) is 1. The van der Waals surface area contributed by atoms with Crippen molar-refractivity contribution in [3.05, 3.63) is 35.6 Å². The molecule has 15 heavy (non-hydrogen) atoms. The van der Waals surface area contributed by atoms with E-state index in [1.807, 2.05) is 0 Å². The highest BCUT2D eigenvalue weighted by Gasteiger charge is 2.10. The minimum atomic E-state index is -0.299. The topological polar surface area (TPSA) is 55.5 Å². The van der Waals surface area contributed by atoms with Crippen LogP contribution in [-0.2, 0) is 4.74 Å². The van der Waals surface area contributed by atoms with Gasteiger partial charge in [0, 0.05) is 19.8 Å². The molecule has 3 N–H and O–H groups in total. The summed E-state index contributed by atoms with van der Waals surface area (Å²) in [6.07, 6.45) is 0.262. The first-order valence-electron chi connectivity index (χ1n) is 4.96. The monoisotopic (exact) mass is 213 g/mol. The molecule has 0 aliphatic carbocycles. The molecule has 0 aliphatic rings. The van der Waals surface area contributed by atoms with Crippen LogP contribution in [0.25, 0.3) is 0 Å². The van der Waals surface area contributed by atoms with Crippen molar-refractivity contribution in [2.45, 2.75) is 12.5 Å². The molecule has 1 unspecified atom stereocenters. The molecule has 1 aromatic carbocycles. The number of hydrogen-bond acceptors (Lipinski definition) is 3. The van der Waals surface area contributed by atoms with Gasteiger partial charge in [0.05, 0.1) is 6.10 Å². The summed E-state index contributed by atoms with van der Waals surface area (Å²) in [7, 11) is 0. The van der Waals surface area contributed by atoms with Crippen LogP contribution in [0.5, 0.6) is 0 Å². The fraction of sp³-hybridized carbons (Fsp3) is 0.455. The summed E-state index contributed by atoms with van der Waals surface area (Å²) in [4.78, 5) is 0. The molecule has 0 saturated heterocycles. The van der Waals surface area contributed by atoms with E-state index < -0.39 is 0 Å². The molecule has 0 aromatic heterocycles. The molecule has 0 bridgehead atoms. The number of aliphatic hydroxyl groups excluding tert-OH is 1. The second-order valence-corrected chi connectivity index (χ2v) is 3.23. The number of rotatable bonds is 6. The Morgan fingerprint density at radius 2 is 2.27 bits per heavy atom. The molecule has 0 radical (unpaired) electrons. The first-order valence-corrected chi connectivity index (χ1v) is 4.96. The molecule has 1 aromatic rings. The lowest BCUT2D eigenvalue weighted by Gasteiger charge is -2.16. The number of ether oxygens (including phenoxy) is 1. The predicted octanol–water partition coefficient (Wildman–Crippen LogP) is 1.22. The van der Waals surface area contributed by atoms with Gasteiger partial charge in [-0.2, -0.15) is 0 Å². The van der Waals surface area contributed by atoms with Crippen molar-refractivity contribution in [1.82, 2.24) is 0 Å². The third-order valence-corrected chi connectivity index (χ3v) is 2.06. The quantitative estimate of drug-likeness (QED) is 0.699. The van der Waals surface area contributed by atoms with Crippen molar-refractivity contribution >= 4 is 0 Å². The van der Waals surface area contributed by atoms with Crippen LogP contribution in [0, 0.1) is 5.82 Å². The summed E-state index contributed by atoms with van der Waals surface area (Å²) < 4.78 is 18.3. The average Bonchev–Trinajstić information content (AvgIpc) is 2.24. The van der Waals surface area contributed by atoms with Gasteiger partial charge in [-0.15, -0.1) is 0 Å². The van der Waals surface area contributed by atoms with Crippen molar-refractivity contribution in [3.8, 4) is 0 Å². The normalized spacial score (nSPS) is 12.7. The van der Waals surface area contributed by atoms with E-state index in [-0.39, 0.29) is 18.5 Å². The fourth-order valence-corrected chi connectivity index (χ4v) is 1.30. The zero-order valence-electron chi connectivity index (χ0n) is 8.53. The maximum atomic E-state index is 12.9. The van der Waals surface area contributed by atoms with Gasteiger partial charge in [-0.3, -0.25) is 0 Å². The summed E-state index contributed by atoms with van der Waals surface area (Å²) in [6.45, 7) is 0.810. The fourth-order valence-electron chi connectivity index (χ4n) is 1.30. The maximum absolute atomic E-state index is 12.9. The second kappa shape index (κ2) is 6.50. The van der Waals surface area contributed by atoms with Crippen LogP contribution in [0.2, 0.25) is 0 Å². The average molecular weight is 213 g/mol.